The maximum atomic E-state index is 13.1. The fraction of sp³-hybridized carbons (Fsp3) is 0.667. The number of halogens is 1. The summed E-state index contributed by atoms with van der Waals surface area (Å²) in [5.74, 6) is -1.71. The van der Waals surface area contributed by atoms with E-state index in [1.165, 1.54) is 0 Å². The molecule has 0 aromatic carbocycles. The molecule has 6 nitrogen and oxygen atoms in total. The van der Waals surface area contributed by atoms with Crippen LogP contribution in [0.1, 0.15) is 31.6 Å². The number of rotatable bonds is 4. The molecular weight excluding hydrogens is 251 g/mol. The summed E-state index contributed by atoms with van der Waals surface area (Å²) in [6, 6.07) is -0.0914. The zero-order valence-corrected chi connectivity index (χ0v) is 10.9. The molecule has 1 aromatic rings. The molecule has 1 saturated heterocycles. The number of piperazine rings is 1. The molecule has 0 radical (unpaired) electrons. The second-order valence-corrected chi connectivity index (χ2v) is 4.68. The number of aromatic hydroxyl groups is 1. The van der Waals surface area contributed by atoms with Crippen molar-refractivity contribution in [1.82, 2.24) is 20.2 Å². The van der Waals surface area contributed by atoms with Gasteiger partial charge in [-0.2, -0.15) is 9.37 Å². The number of nitrogens with zero attached hydrogens (tertiary/aromatic N) is 2. The second-order valence-electron chi connectivity index (χ2n) is 4.68. The topological polar surface area (TPSA) is 81.2 Å². The standard InChI is InChI=1S/C12H19FN4O2/c1-2-3-8(17-6-4-14-5-7-17)10-15-11(18)9(13)12(19)16-10/h8,14H,2-7H2,1H3,(H2,15,16,18,19). The lowest BCUT2D eigenvalue weighted by atomic mass is 10.1. The first-order valence-electron chi connectivity index (χ1n) is 6.57. The SMILES string of the molecule is CCCC(c1nc(O)c(F)c(=O)[nH]1)N1CCNCC1. The first-order valence-corrected chi connectivity index (χ1v) is 6.57. The van der Waals surface area contributed by atoms with Crippen LogP contribution in [0, 0.1) is 5.82 Å². The Kier molecular flexibility index (Phi) is 4.49. The van der Waals surface area contributed by atoms with Crippen LogP contribution in [0.2, 0.25) is 0 Å². The summed E-state index contributed by atoms with van der Waals surface area (Å²) in [4.78, 5) is 19.8. The Morgan fingerprint density at radius 3 is 2.74 bits per heavy atom. The van der Waals surface area contributed by atoms with Gasteiger partial charge in [-0.15, -0.1) is 0 Å². The molecule has 1 fully saturated rings. The molecule has 1 unspecified atom stereocenters. The molecule has 0 aliphatic carbocycles. The van der Waals surface area contributed by atoms with Gasteiger partial charge in [-0.1, -0.05) is 13.3 Å². The number of hydrogen-bond acceptors (Lipinski definition) is 5. The number of aromatic amines is 1. The number of hydrogen-bond donors (Lipinski definition) is 3. The van der Waals surface area contributed by atoms with Crippen LogP contribution in [0.5, 0.6) is 5.88 Å². The van der Waals surface area contributed by atoms with E-state index in [2.05, 4.69) is 20.2 Å². The van der Waals surface area contributed by atoms with E-state index in [-0.39, 0.29) is 6.04 Å². The van der Waals surface area contributed by atoms with Crippen LogP contribution in [0.15, 0.2) is 4.79 Å². The van der Waals surface area contributed by atoms with E-state index in [1.807, 2.05) is 6.92 Å². The molecule has 1 aromatic heterocycles. The van der Waals surface area contributed by atoms with E-state index in [0.717, 1.165) is 39.0 Å². The first kappa shape index (κ1) is 14.0. The largest absolute Gasteiger partial charge is 0.491 e. The van der Waals surface area contributed by atoms with Crippen molar-refractivity contribution in [2.24, 2.45) is 0 Å². The van der Waals surface area contributed by atoms with Gasteiger partial charge in [0.05, 0.1) is 6.04 Å². The van der Waals surface area contributed by atoms with E-state index in [9.17, 15) is 14.3 Å². The van der Waals surface area contributed by atoms with E-state index >= 15 is 0 Å². The summed E-state index contributed by atoms with van der Waals surface area (Å²) in [6.07, 6.45) is 1.71. The maximum Gasteiger partial charge on any atom is 0.291 e. The summed E-state index contributed by atoms with van der Waals surface area (Å²) >= 11 is 0. The van der Waals surface area contributed by atoms with Crippen molar-refractivity contribution in [3.63, 3.8) is 0 Å². The van der Waals surface area contributed by atoms with Gasteiger partial charge in [-0.25, -0.2) is 0 Å². The second kappa shape index (κ2) is 6.12. The molecule has 0 saturated carbocycles. The van der Waals surface area contributed by atoms with Crippen molar-refractivity contribution < 1.29 is 9.50 Å². The van der Waals surface area contributed by atoms with Crippen molar-refractivity contribution >= 4 is 0 Å². The van der Waals surface area contributed by atoms with Crippen molar-refractivity contribution in [2.45, 2.75) is 25.8 Å². The maximum absolute atomic E-state index is 13.1. The summed E-state index contributed by atoms with van der Waals surface area (Å²) in [5, 5.41) is 12.6. The molecular formula is C12H19FN4O2. The van der Waals surface area contributed by atoms with Gasteiger partial charge < -0.3 is 15.4 Å². The Balaban J connectivity index is 2.30. The Morgan fingerprint density at radius 1 is 1.47 bits per heavy atom. The van der Waals surface area contributed by atoms with Gasteiger partial charge in [-0.3, -0.25) is 9.69 Å². The van der Waals surface area contributed by atoms with Gasteiger partial charge >= 0.3 is 0 Å². The highest BCUT2D eigenvalue weighted by molar-refractivity contribution is 5.12. The fourth-order valence-electron chi connectivity index (χ4n) is 2.38. The number of aromatic nitrogens is 2. The smallest absolute Gasteiger partial charge is 0.291 e. The predicted octanol–water partition coefficient (Wildman–Crippen LogP) is 0.361. The van der Waals surface area contributed by atoms with Gasteiger partial charge in [0.25, 0.3) is 11.4 Å². The van der Waals surface area contributed by atoms with Gasteiger partial charge in [0.2, 0.25) is 5.82 Å². The molecule has 19 heavy (non-hydrogen) atoms. The lowest BCUT2D eigenvalue weighted by Crippen LogP contribution is -2.45. The average Bonchev–Trinajstić information content (AvgIpc) is 2.42. The monoisotopic (exact) mass is 270 g/mol. The van der Waals surface area contributed by atoms with Crippen LogP contribution in [0.4, 0.5) is 4.39 Å². The van der Waals surface area contributed by atoms with Crippen LogP contribution in [-0.4, -0.2) is 46.2 Å². The van der Waals surface area contributed by atoms with Crippen LogP contribution >= 0.6 is 0 Å². The quantitative estimate of drug-likeness (QED) is 0.736. The lowest BCUT2D eigenvalue weighted by molar-refractivity contribution is 0.156. The predicted molar refractivity (Wildman–Crippen MR) is 68.6 cm³/mol. The highest BCUT2D eigenvalue weighted by Crippen LogP contribution is 2.23. The van der Waals surface area contributed by atoms with E-state index in [1.54, 1.807) is 0 Å². The fourth-order valence-corrected chi connectivity index (χ4v) is 2.38. The van der Waals surface area contributed by atoms with Crippen LogP contribution < -0.4 is 10.9 Å². The van der Waals surface area contributed by atoms with Crippen LogP contribution in [-0.2, 0) is 0 Å². The molecule has 1 aliphatic heterocycles. The summed E-state index contributed by atoms with van der Waals surface area (Å²) in [6.45, 7) is 5.46. The summed E-state index contributed by atoms with van der Waals surface area (Å²) < 4.78 is 13.1. The highest BCUT2D eigenvalue weighted by Gasteiger charge is 2.25. The molecule has 7 heteroatoms. The minimum atomic E-state index is -1.22. The van der Waals surface area contributed by atoms with Crippen LogP contribution in [0.3, 0.4) is 0 Å². The molecule has 106 valence electrons. The Morgan fingerprint density at radius 2 is 2.16 bits per heavy atom. The normalized spacial score (nSPS) is 18.4. The highest BCUT2D eigenvalue weighted by atomic mass is 19.1. The van der Waals surface area contributed by atoms with E-state index < -0.39 is 17.3 Å². The summed E-state index contributed by atoms with van der Waals surface area (Å²) in [7, 11) is 0. The molecule has 2 heterocycles. The van der Waals surface area contributed by atoms with Gasteiger partial charge in [0.1, 0.15) is 5.82 Å². The first-order chi connectivity index (χ1) is 9.13. The van der Waals surface area contributed by atoms with Crippen molar-refractivity contribution in [1.29, 1.82) is 0 Å². The van der Waals surface area contributed by atoms with Gasteiger partial charge in [0, 0.05) is 26.2 Å². The number of nitrogens with one attached hydrogen (secondary N) is 2. The van der Waals surface area contributed by atoms with Crippen molar-refractivity contribution in [2.75, 3.05) is 26.2 Å². The molecule has 3 N–H and O–H groups in total. The Bertz CT molecular complexity index is 485. The Labute approximate surface area is 110 Å². The van der Waals surface area contributed by atoms with Gasteiger partial charge in [0.15, 0.2) is 0 Å². The third kappa shape index (κ3) is 3.10. The van der Waals surface area contributed by atoms with Crippen molar-refractivity contribution in [3.8, 4) is 5.88 Å². The number of H-pyrrole nitrogens is 1. The van der Waals surface area contributed by atoms with Crippen molar-refractivity contribution in [3.05, 3.63) is 22.0 Å². The molecule has 0 amide bonds. The minimum Gasteiger partial charge on any atom is -0.491 e. The minimum absolute atomic E-state index is 0.0914. The lowest BCUT2D eigenvalue weighted by Gasteiger charge is -2.34. The van der Waals surface area contributed by atoms with E-state index in [4.69, 9.17) is 0 Å². The Hall–Kier alpha value is -1.47. The summed E-state index contributed by atoms with van der Waals surface area (Å²) in [5.41, 5.74) is -0.918. The molecule has 0 bridgehead atoms. The molecule has 1 aliphatic rings. The zero-order chi connectivity index (χ0) is 13.8. The molecule has 1 atom stereocenters. The van der Waals surface area contributed by atoms with Gasteiger partial charge in [-0.05, 0) is 6.42 Å². The zero-order valence-electron chi connectivity index (χ0n) is 10.9. The third-order valence-electron chi connectivity index (χ3n) is 3.33. The van der Waals surface area contributed by atoms with E-state index in [0.29, 0.717) is 5.82 Å². The molecule has 2 rings (SSSR count). The van der Waals surface area contributed by atoms with Crippen LogP contribution in [0.25, 0.3) is 0 Å². The average molecular weight is 270 g/mol. The third-order valence-corrected chi connectivity index (χ3v) is 3.33. The molecule has 0 spiro atoms.